The average molecular weight is 302 g/mol. The number of ketones is 4. The van der Waals surface area contributed by atoms with Gasteiger partial charge in [0.1, 0.15) is 0 Å². The molecule has 4 nitrogen and oxygen atoms in total. The predicted molar refractivity (Wildman–Crippen MR) is 55.1 cm³/mol. The zero-order chi connectivity index (χ0) is 10.8. The molecule has 0 aliphatic heterocycles. The molecular weight excluding hydrogens is 287 g/mol. The van der Waals surface area contributed by atoms with Gasteiger partial charge in [0.15, 0.2) is 23.1 Å². The molecule has 0 aromatic rings. The fraction of sp³-hybridized carbons (Fsp3) is 0.556. The van der Waals surface area contributed by atoms with E-state index in [1.54, 1.807) is 0 Å². The van der Waals surface area contributed by atoms with E-state index in [0.29, 0.717) is 0 Å². The summed E-state index contributed by atoms with van der Waals surface area (Å²) < 4.78 is 0. The van der Waals surface area contributed by atoms with Gasteiger partial charge in [0.25, 0.3) is 0 Å². The van der Waals surface area contributed by atoms with Crippen LogP contribution in [0.3, 0.4) is 0 Å². The Morgan fingerprint density at radius 2 is 0.786 bits per heavy atom. The number of hydrogen-bond acceptors (Lipinski definition) is 4. The summed E-state index contributed by atoms with van der Waals surface area (Å²) in [6.07, 6.45) is 0. The zero-order valence-corrected chi connectivity index (χ0v) is 8.13. The monoisotopic (exact) mass is 302 g/mol. The molecule has 5 heteroatoms. The summed E-state index contributed by atoms with van der Waals surface area (Å²) in [5.41, 5.74) is -2.06. The van der Waals surface area contributed by atoms with Crippen molar-refractivity contribution < 1.29 is 19.2 Å². The van der Waals surface area contributed by atoms with Crippen LogP contribution in [-0.2, 0) is 19.2 Å². The third kappa shape index (κ3) is 2.32. The van der Waals surface area contributed by atoms with Crippen LogP contribution in [-0.4, -0.2) is 49.0 Å². The van der Waals surface area contributed by atoms with Crippen molar-refractivity contribution in [1.29, 1.82) is 0 Å². The summed E-state index contributed by atoms with van der Waals surface area (Å²) in [7, 11) is 0. The quantitative estimate of drug-likeness (QED) is 0.634. The van der Waals surface area contributed by atoms with E-state index < -0.39 is 28.5 Å². The average Bonchev–Trinajstić information content (AvgIpc) is 1.82. The van der Waals surface area contributed by atoms with Gasteiger partial charge in [-0.15, -0.1) is 0 Å². The molecule has 0 radical (unpaired) electrons. The van der Waals surface area contributed by atoms with Crippen LogP contribution in [0.1, 0.15) is 27.7 Å². The SMILES string of the molecule is CC(=O)C(C(C)=O)(C(C)=O)C(C)=O.[InH3]. The maximum absolute atomic E-state index is 11.1. The van der Waals surface area contributed by atoms with Gasteiger partial charge in [0.05, 0.1) is 0 Å². The molecule has 0 saturated heterocycles. The Hall–Kier alpha value is -0.450. The number of carbonyl (C=O) groups is 4. The van der Waals surface area contributed by atoms with E-state index in [0.717, 1.165) is 27.7 Å². The number of Topliss-reactive ketones (excluding diaryl/α,β-unsaturated/α-hetero) is 4. The van der Waals surface area contributed by atoms with Crippen LogP contribution in [0.4, 0.5) is 0 Å². The molecule has 0 N–H and O–H groups in total. The van der Waals surface area contributed by atoms with E-state index >= 15 is 0 Å². The van der Waals surface area contributed by atoms with Crippen LogP contribution in [0.25, 0.3) is 0 Å². The second kappa shape index (κ2) is 5.44. The van der Waals surface area contributed by atoms with Crippen LogP contribution in [0, 0.1) is 5.41 Å². The predicted octanol–water partition coefficient (Wildman–Crippen LogP) is -0.855. The van der Waals surface area contributed by atoms with Gasteiger partial charge in [0, 0.05) is 0 Å². The van der Waals surface area contributed by atoms with Gasteiger partial charge < -0.3 is 0 Å². The van der Waals surface area contributed by atoms with E-state index in [4.69, 9.17) is 0 Å². The molecule has 0 heterocycles. The van der Waals surface area contributed by atoms with Gasteiger partial charge in [-0.2, -0.15) is 0 Å². The Labute approximate surface area is 101 Å². The Bertz CT molecular complexity index is 232. The summed E-state index contributed by atoms with van der Waals surface area (Å²) in [5, 5.41) is 0. The Balaban J connectivity index is 0. The van der Waals surface area contributed by atoms with Crippen molar-refractivity contribution in [2.24, 2.45) is 5.41 Å². The molecule has 0 spiro atoms. The van der Waals surface area contributed by atoms with E-state index in [-0.39, 0.29) is 25.8 Å². The van der Waals surface area contributed by atoms with Gasteiger partial charge in [0.2, 0.25) is 5.41 Å². The Kier molecular flexibility index (Phi) is 6.21. The molecule has 0 unspecified atom stereocenters. The van der Waals surface area contributed by atoms with Gasteiger partial charge in [-0.3, -0.25) is 19.2 Å². The minimum atomic E-state index is -2.06. The van der Waals surface area contributed by atoms with Crippen molar-refractivity contribution in [3.8, 4) is 0 Å². The van der Waals surface area contributed by atoms with Crippen LogP contribution < -0.4 is 0 Å². The molecule has 0 aromatic heterocycles. The second-order valence-electron chi connectivity index (χ2n) is 2.97. The van der Waals surface area contributed by atoms with E-state index in [9.17, 15) is 19.2 Å². The molecule has 14 heavy (non-hydrogen) atoms. The van der Waals surface area contributed by atoms with Crippen LogP contribution in [0.15, 0.2) is 0 Å². The summed E-state index contributed by atoms with van der Waals surface area (Å²) in [6, 6.07) is 0. The van der Waals surface area contributed by atoms with Gasteiger partial charge in [-0.25, -0.2) is 0 Å². The summed E-state index contributed by atoms with van der Waals surface area (Å²) >= 11 is 0. The first kappa shape index (κ1) is 16.0. The van der Waals surface area contributed by atoms with Crippen LogP contribution in [0.2, 0.25) is 0 Å². The van der Waals surface area contributed by atoms with E-state index in [1.165, 1.54) is 0 Å². The first-order chi connectivity index (χ1) is 5.77. The molecule has 0 atom stereocenters. The molecule has 0 saturated carbocycles. The number of hydrogen-bond donors (Lipinski definition) is 0. The molecule has 0 aromatic carbocycles. The second-order valence-corrected chi connectivity index (χ2v) is 2.97. The number of carbonyl (C=O) groups excluding carboxylic acids is 4. The van der Waals surface area contributed by atoms with Gasteiger partial charge in [-0.1, -0.05) is 0 Å². The van der Waals surface area contributed by atoms with Crippen LogP contribution in [0.5, 0.6) is 0 Å². The molecular formula is C9H15InO4. The van der Waals surface area contributed by atoms with Crippen molar-refractivity contribution in [3.63, 3.8) is 0 Å². The molecule has 78 valence electrons. The van der Waals surface area contributed by atoms with Crippen molar-refractivity contribution in [2.75, 3.05) is 0 Å². The zero-order valence-electron chi connectivity index (χ0n) is 8.13. The van der Waals surface area contributed by atoms with E-state index in [2.05, 4.69) is 0 Å². The summed E-state index contributed by atoms with van der Waals surface area (Å²) in [5.74, 6) is -2.83. The topological polar surface area (TPSA) is 68.3 Å². The molecule has 0 fully saturated rings. The molecule has 0 bridgehead atoms. The third-order valence-corrected chi connectivity index (χ3v) is 2.11. The fourth-order valence-electron chi connectivity index (χ4n) is 1.49. The van der Waals surface area contributed by atoms with Crippen molar-refractivity contribution in [1.82, 2.24) is 0 Å². The van der Waals surface area contributed by atoms with Crippen LogP contribution >= 0.6 is 0 Å². The summed E-state index contributed by atoms with van der Waals surface area (Å²) in [4.78, 5) is 44.5. The Morgan fingerprint density at radius 3 is 0.786 bits per heavy atom. The number of rotatable bonds is 4. The van der Waals surface area contributed by atoms with Crippen molar-refractivity contribution in [2.45, 2.75) is 27.7 Å². The fourth-order valence-corrected chi connectivity index (χ4v) is 1.49. The standard InChI is InChI=1S/C9H12O4.In.3H/c1-5(10)9(6(2)11,7(3)12)8(4)13;;;;/h1-4H3;;;;. The Morgan fingerprint density at radius 1 is 0.643 bits per heavy atom. The molecule has 0 amide bonds. The van der Waals surface area contributed by atoms with Crippen molar-refractivity contribution >= 4 is 49.0 Å². The van der Waals surface area contributed by atoms with Gasteiger partial charge in [-0.05, 0) is 27.7 Å². The van der Waals surface area contributed by atoms with Crippen molar-refractivity contribution in [3.05, 3.63) is 0 Å². The van der Waals surface area contributed by atoms with Gasteiger partial charge >= 0.3 is 25.8 Å². The minimum absolute atomic E-state index is 0. The molecule has 0 rings (SSSR count). The first-order valence-corrected chi connectivity index (χ1v) is 3.82. The summed E-state index contributed by atoms with van der Waals surface area (Å²) in [6.45, 7) is 4.29. The third-order valence-electron chi connectivity index (χ3n) is 2.11. The maximum atomic E-state index is 11.1. The molecule has 0 aliphatic rings. The van der Waals surface area contributed by atoms with E-state index in [1.807, 2.05) is 0 Å². The molecule has 0 aliphatic carbocycles. The first-order valence-electron chi connectivity index (χ1n) is 3.82. The normalized spacial score (nSPS) is 10.0.